The minimum absolute atomic E-state index is 0.119. The summed E-state index contributed by atoms with van der Waals surface area (Å²) in [6, 6.07) is 5.56. The van der Waals surface area contributed by atoms with E-state index in [1.807, 2.05) is 0 Å². The van der Waals surface area contributed by atoms with Crippen LogP contribution in [0, 0.1) is 0 Å². The molecule has 1 unspecified atom stereocenters. The number of carbonyl (C=O) groups excluding carboxylic acids is 1. The molecule has 0 aliphatic heterocycles. The standard InChI is InChI=1S/C13H13F3N2O3/c1-12(17,13(14,15)16)11(21)18-9-5-2-8(3-6-9)4-7-10(19)20/h2-7H,17H2,1H3,(H,18,21)(H,19,20)/b7-4+. The number of nitrogens with two attached hydrogens (primary N) is 1. The lowest BCUT2D eigenvalue weighted by atomic mass is 10.0. The van der Waals surface area contributed by atoms with Crippen LogP contribution in [0.2, 0.25) is 0 Å². The Morgan fingerprint density at radius 2 is 1.76 bits per heavy atom. The van der Waals surface area contributed by atoms with E-state index in [0.717, 1.165) is 6.08 Å². The molecule has 1 amide bonds. The van der Waals surface area contributed by atoms with Crippen molar-refractivity contribution in [2.75, 3.05) is 5.32 Å². The van der Waals surface area contributed by atoms with Gasteiger partial charge in [0.15, 0.2) is 5.54 Å². The van der Waals surface area contributed by atoms with Crippen molar-refractivity contribution in [3.8, 4) is 0 Å². The predicted molar refractivity (Wildman–Crippen MR) is 70.4 cm³/mol. The van der Waals surface area contributed by atoms with E-state index < -0.39 is 23.6 Å². The molecule has 4 N–H and O–H groups in total. The van der Waals surface area contributed by atoms with E-state index in [1.54, 1.807) is 0 Å². The molecule has 0 saturated carbocycles. The van der Waals surface area contributed by atoms with Gasteiger partial charge in [0, 0.05) is 11.8 Å². The van der Waals surface area contributed by atoms with Crippen molar-refractivity contribution in [2.45, 2.75) is 18.6 Å². The van der Waals surface area contributed by atoms with Crippen molar-refractivity contribution in [2.24, 2.45) is 5.73 Å². The van der Waals surface area contributed by atoms with Gasteiger partial charge < -0.3 is 16.2 Å². The van der Waals surface area contributed by atoms with Gasteiger partial charge in [-0.05, 0) is 30.7 Å². The number of halogens is 3. The lowest BCUT2D eigenvalue weighted by molar-refractivity contribution is -0.184. The van der Waals surface area contributed by atoms with E-state index in [-0.39, 0.29) is 5.69 Å². The van der Waals surface area contributed by atoms with E-state index in [9.17, 15) is 22.8 Å². The fraction of sp³-hybridized carbons (Fsp3) is 0.231. The quantitative estimate of drug-likeness (QED) is 0.742. The molecule has 1 aromatic carbocycles. The van der Waals surface area contributed by atoms with Crippen molar-refractivity contribution in [3.63, 3.8) is 0 Å². The molecule has 5 nitrogen and oxygen atoms in total. The number of hydrogen-bond donors (Lipinski definition) is 3. The number of carboxylic acid groups (broad SMARTS) is 1. The van der Waals surface area contributed by atoms with Crippen LogP contribution in [0.15, 0.2) is 30.3 Å². The fourth-order valence-corrected chi connectivity index (χ4v) is 1.23. The summed E-state index contributed by atoms with van der Waals surface area (Å²) in [7, 11) is 0. The van der Waals surface area contributed by atoms with E-state index >= 15 is 0 Å². The molecule has 0 aliphatic carbocycles. The molecule has 0 saturated heterocycles. The zero-order chi connectivity index (χ0) is 16.3. The summed E-state index contributed by atoms with van der Waals surface area (Å²) in [4.78, 5) is 21.9. The van der Waals surface area contributed by atoms with Crippen molar-refractivity contribution in [3.05, 3.63) is 35.9 Å². The largest absolute Gasteiger partial charge is 0.478 e. The van der Waals surface area contributed by atoms with Crippen molar-refractivity contribution in [1.29, 1.82) is 0 Å². The average Bonchev–Trinajstić information content (AvgIpc) is 2.36. The van der Waals surface area contributed by atoms with Gasteiger partial charge in [-0.15, -0.1) is 0 Å². The van der Waals surface area contributed by atoms with Gasteiger partial charge in [-0.3, -0.25) is 4.79 Å². The lowest BCUT2D eigenvalue weighted by Gasteiger charge is -2.26. The highest BCUT2D eigenvalue weighted by Crippen LogP contribution is 2.29. The van der Waals surface area contributed by atoms with E-state index in [0.29, 0.717) is 12.5 Å². The third-order valence-corrected chi connectivity index (χ3v) is 2.65. The van der Waals surface area contributed by atoms with Gasteiger partial charge in [0.05, 0.1) is 0 Å². The van der Waals surface area contributed by atoms with E-state index in [1.165, 1.54) is 30.3 Å². The Balaban J connectivity index is 2.81. The number of carbonyl (C=O) groups is 2. The van der Waals surface area contributed by atoms with Crippen LogP contribution in [-0.4, -0.2) is 28.7 Å². The first-order chi connectivity index (χ1) is 9.54. The summed E-state index contributed by atoms with van der Waals surface area (Å²) < 4.78 is 37.7. The fourth-order valence-electron chi connectivity index (χ4n) is 1.23. The average molecular weight is 302 g/mol. The van der Waals surface area contributed by atoms with Gasteiger partial charge in [0.25, 0.3) is 5.91 Å². The van der Waals surface area contributed by atoms with Gasteiger partial charge in [0.2, 0.25) is 0 Å². The molecule has 0 aromatic heterocycles. The molecular weight excluding hydrogens is 289 g/mol. The SMILES string of the molecule is CC(N)(C(=O)Nc1ccc(/C=C/C(=O)O)cc1)C(F)(F)F. The second-order valence-electron chi connectivity index (χ2n) is 4.45. The smallest absolute Gasteiger partial charge is 0.415 e. The molecule has 8 heteroatoms. The van der Waals surface area contributed by atoms with Gasteiger partial charge >= 0.3 is 12.1 Å². The second-order valence-corrected chi connectivity index (χ2v) is 4.45. The van der Waals surface area contributed by atoms with Crippen LogP contribution >= 0.6 is 0 Å². The van der Waals surface area contributed by atoms with Crippen molar-refractivity contribution < 1.29 is 27.9 Å². The summed E-state index contributed by atoms with van der Waals surface area (Å²) >= 11 is 0. The number of aliphatic carboxylic acids is 1. The van der Waals surface area contributed by atoms with E-state index in [4.69, 9.17) is 10.8 Å². The summed E-state index contributed by atoms with van der Waals surface area (Å²) in [6.45, 7) is 0.576. The maximum absolute atomic E-state index is 12.6. The summed E-state index contributed by atoms with van der Waals surface area (Å²) in [5.74, 6) is -2.51. The molecule has 0 fully saturated rings. The monoisotopic (exact) mass is 302 g/mol. The van der Waals surface area contributed by atoms with Crippen molar-refractivity contribution in [1.82, 2.24) is 0 Å². The van der Waals surface area contributed by atoms with Gasteiger partial charge in [0.1, 0.15) is 0 Å². The molecule has 21 heavy (non-hydrogen) atoms. The molecule has 0 aliphatic rings. The van der Waals surface area contributed by atoms with Crippen LogP contribution < -0.4 is 11.1 Å². The number of anilines is 1. The number of benzene rings is 1. The van der Waals surface area contributed by atoms with Crippen molar-refractivity contribution >= 4 is 23.6 Å². The van der Waals surface area contributed by atoms with Gasteiger partial charge in [-0.2, -0.15) is 13.2 Å². The molecule has 114 valence electrons. The molecule has 1 atom stereocenters. The highest BCUT2D eigenvalue weighted by molar-refractivity contribution is 5.98. The third-order valence-electron chi connectivity index (χ3n) is 2.65. The highest BCUT2D eigenvalue weighted by Gasteiger charge is 2.53. The first kappa shape index (κ1) is 16.7. The first-order valence-electron chi connectivity index (χ1n) is 5.72. The second kappa shape index (κ2) is 5.96. The number of rotatable bonds is 4. The van der Waals surface area contributed by atoms with Crippen LogP contribution in [0.5, 0.6) is 0 Å². The Morgan fingerprint density at radius 1 is 1.24 bits per heavy atom. The Morgan fingerprint density at radius 3 is 2.19 bits per heavy atom. The lowest BCUT2D eigenvalue weighted by Crippen LogP contribution is -2.59. The zero-order valence-electron chi connectivity index (χ0n) is 10.9. The molecular formula is C13H13F3N2O3. The molecule has 0 spiro atoms. The maximum Gasteiger partial charge on any atom is 0.415 e. The first-order valence-corrected chi connectivity index (χ1v) is 5.72. The molecule has 0 heterocycles. The molecule has 1 aromatic rings. The summed E-state index contributed by atoms with van der Waals surface area (Å²) in [5.41, 5.74) is 2.61. The maximum atomic E-state index is 12.6. The van der Waals surface area contributed by atoms with Gasteiger partial charge in [-0.25, -0.2) is 4.79 Å². The number of alkyl halides is 3. The number of nitrogens with one attached hydrogen (secondary N) is 1. The zero-order valence-corrected chi connectivity index (χ0v) is 10.9. The topological polar surface area (TPSA) is 92.4 Å². The molecule has 0 radical (unpaired) electrons. The van der Waals surface area contributed by atoms with Crippen LogP contribution in [0.3, 0.4) is 0 Å². The van der Waals surface area contributed by atoms with Crippen LogP contribution in [0.25, 0.3) is 6.08 Å². The molecule has 1 rings (SSSR count). The Labute approximate surface area is 118 Å². The number of amides is 1. The summed E-state index contributed by atoms with van der Waals surface area (Å²) in [5, 5.41) is 10.5. The molecule has 0 bridgehead atoms. The minimum Gasteiger partial charge on any atom is -0.478 e. The Bertz CT molecular complexity index is 563. The number of carboxylic acids is 1. The normalized spacial score (nSPS) is 14.7. The van der Waals surface area contributed by atoms with Crippen LogP contribution in [-0.2, 0) is 9.59 Å². The Kier molecular flexibility index (Phi) is 4.74. The third kappa shape index (κ3) is 4.32. The highest BCUT2D eigenvalue weighted by atomic mass is 19.4. The Hall–Kier alpha value is -2.35. The summed E-state index contributed by atoms with van der Waals surface area (Å²) in [6.07, 6.45) is -2.66. The minimum atomic E-state index is -4.87. The van der Waals surface area contributed by atoms with E-state index in [2.05, 4.69) is 5.32 Å². The number of hydrogen-bond acceptors (Lipinski definition) is 3. The van der Waals surface area contributed by atoms with Gasteiger partial charge in [-0.1, -0.05) is 12.1 Å². The van der Waals surface area contributed by atoms with Crippen LogP contribution in [0.4, 0.5) is 18.9 Å². The predicted octanol–water partition coefficient (Wildman–Crippen LogP) is 2.00. The van der Waals surface area contributed by atoms with Crippen LogP contribution in [0.1, 0.15) is 12.5 Å².